The van der Waals surface area contributed by atoms with Crippen LogP contribution >= 0.6 is 0 Å². The number of nitrogens with zero attached hydrogens (tertiary/aromatic N) is 7. The molecule has 0 saturated carbocycles. The van der Waals surface area contributed by atoms with Crippen molar-refractivity contribution in [1.82, 2.24) is 29.6 Å². The van der Waals surface area contributed by atoms with Crippen LogP contribution in [-0.2, 0) is 16.6 Å². The van der Waals surface area contributed by atoms with Gasteiger partial charge < -0.3 is 19.6 Å². The van der Waals surface area contributed by atoms with Crippen LogP contribution in [0.4, 0.5) is 23.4 Å². The molecule has 1 aromatic carbocycles. The summed E-state index contributed by atoms with van der Waals surface area (Å²) in [6.45, 7) is 5.94. The van der Waals surface area contributed by atoms with Gasteiger partial charge in [-0.15, -0.1) is 15.3 Å². The van der Waals surface area contributed by atoms with E-state index in [2.05, 4.69) is 20.2 Å². The number of fused-ring (bicyclic) bond motifs is 1. The van der Waals surface area contributed by atoms with Gasteiger partial charge in [-0.1, -0.05) is 0 Å². The highest BCUT2D eigenvalue weighted by Gasteiger charge is 2.39. The van der Waals surface area contributed by atoms with Crippen molar-refractivity contribution >= 4 is 17.4 Å². The molecule has 2 fully saturated rings. The number of halogens is 4. The van der Waals surface area contributed by atoms with Gasteiger partial charge in [0.25, 0.3) is 5.82 Å². The highest BCUT2D eigenvalue weighted by molar-refractivity contribution is 5.73. The lowest BCUT2D eigenvalue weighted by Crippen LogP contribution is -2.48. The van der Waals surface area contributed by atoms with E-state index in [1.807, 2.05) is 0 Å². The average molecular weight is 552 g/mol. The normalized spacial score (nSPS) is 18.5. The topological polar surface area (TPSA) is 99.3 Å². The number of rotatable bonds is 6. The molecule has 0 radical (unpaired) electrons. The maximum absolute atomic E-state index is 15.1. The average Bonchev–Trinajstić information content (AvgIpc) is 3.33. The molecule has 4 heterocycles. The smallest absolute Gasteiger partial charge is 0.453 e. The van der Waals surface area contributed by atoms with Crippen molar-refractivity contribution in [3.63, 3.8) is 0 Å². The van der Waals surface area contributed by atoms with Crippen LogP contribution in [0, 0.1) is 5.82 Å². The molecule has 0 bridgehead atoms. The van der Waals surface area contributed by atoms with Crippen molar-refractivity contribution in [1.29, 1.82) is 0 Å². The van der Waals surface area contributed by atoms with Gasteiger partial charge in [0.05, 0.1) is 5.60 Å². The third-order valence-corrected chi connectivity index (χ3v) is 7.35. The second-order valence-electron chi connectivity index (χ2n) is 9.84. The van der Waals surface area contributed by atoms with E-state index in [0.717, 1.165) is 13.1 Å². The standard InChI is InChI=1S/C25H29F4N7O3/c1-17(37)34-12-10-33(11-13-34)14-15-39-18-2-3-19(20(26)16-18)24(38)6-8-35(9-7-24)22-5-4-21-30-31-23(25(27,28)29)36(21)32-22/h2-5,16,38H,6-15H2,1H3. The predicted molar refractivity (Wildman–Crippen MR) is 132 cm³/mol. The molecule has 0 aliphatic carbocycles. The molecule has 5 rings (SSSR count). The van der Waals surface area contributed by atoms with Crippen molar-refractivity contribution in [3.05, 3.63) is 47.5 Å². The number of ether oxygens (including phenoxy) is 1. The van der Waals surface area contributed by atoms with Crippen LogP contribution in [-0.4, -0.2) is 93.0 Å². The summed E-state index contributed by atoms with van der Waals surface area (Å²) in [5.41, 5.74) is -1.32. The van der Waals surface area contributed by atoms with E-state index in [1.54, 1.807) is 28.9 Å². The minimum absolute atomic E-state index is 0.0282. The number of piperazine rings is 1. The number of carbonyl (C=O) groups is 1. The number of amides is 1. The van der Waals surface area contributed by atoms with Crippen molar-refractivity contribution in [3.8, 4) is 5.75 Å². The van der Waals surface area contributed by atoms with Gasteiger partial charge in [0.2, 0.25) is 5.91 Å². The molecule has 10 nitrogen and oxygen atoms in total. The van der Waals surface area contributed by atoms with Crippen LogP contribution in [0.5, 0.6) is 5.75 Å². The Morgan fingerprint density at radius 2 is 1.77 bits per heavy atom. The van der Waals surface area contributed by atoms with Gasteiger partial charge in [-0.3, -0.25) is 9.69 Å². The van der Waals surface area contributed by atoms with Crippen LogP contribution in [0.25, 0.3) is 5.65 Å². The minimum atomic E-state index is -4.70. The zero-order valence-electron chi connectivity index (χ0n) is 21.4. The van der Waals surface area contributed by atoms with E-state index in [1.165, 1.54) is 18.2 Å². The summed E-state index contributed by atoms with van der Waals surface area (Å²) in [5.74, 6) is -1.10. The molecule has 0 unspecified atom stereocenters. The number of aliphatic hydroxyl groups is 1. The lowest BCUT2D eigenvalue weighted by Gasteiger charge is -2.39. The van der Waals surface area contributed by atoms with Crippen molar-refractivity contribution in [2.75, 3.05) is 57.3 Å². The Morgan fingerprint density at radius 1 is 1.05 bits per heavy atom. The lowest BCUT2D eigenvalue weighted by molar-refractivity contribution is -0.146. The van der Waals surface area contributed by atoms with E-state index >= 15 is 4.39 Å². The van der Waals surface area contributed by atoms with Crippen LogP contribution in [0.3, 0.4) is 0 Å². The number of anilines is 1. The molecule has 2 aliphatic heterocycles. The SMILES string of the molecule is CC(=O)N1CCN(CCOc2ccc(C3(O)CCN(c4ccc5nnc(C(F)(F)F)n5n4)CC3)c(F)c2)CC1. The van der Waals surface area contributed by atoms with Crippen molar-refractivity contribution in [2.24, 2.45) is 0 Å². The number of aromatic nitrogens is 4. The first kappa shape index (κ1) is 27.1. The van der Waals surface area contributed by atoms with E-state index < -0.39 is 23.4 Å². The zero-order valence-corrected chi connectivity index (χ0v) is 21.4. The fraction of sp³-hybridized carbons (Fsp3) is 0.520. The summed E-state index contributed by atoms with van der Waals surface area (Å²) >= 11 is 0. The molecule has 2 saturated heterocycles. The van der Waals surface area contributed by atoms with Crippen LogP contribution < -0.4 is 9.64 Å². The Hall–Kier alpha value is -3.52. The Kier molecular flexibility index (Phi) is 7.33. The first-order chi connectivity index (χ1) is 18.5. The number of piperidine rings is 1. The highest BCUT2D eigenvalue weighted by Crippen LogP contribution is 2.37. The zero-order chi connectivity index (χ0) is 27.8. The van der Waals surface area contributed by atoms with E-state index in [0.29, 0.717) is 36.5 Å². The second-order valence-corrected chi connectivity index (χ2v) is 9.84. The van der Waals surface area contributed by atoms with Gasteiger partial charge in [0.1, 0.15) is 24.0 Å². The van der Waals surface area contributed by atoms with Crippen molar-refractivity contribution in [2.45, 2.75) is 31.5 Å². The first-order valence-corrected chi connectivity index (χ1v) is 12.7. The summed E-state index contributed by atoms with van der Waals surface area (Å²) in [5, 5.41) is 22.0. The second kappa shape index (κ2) is 10.6. The molecule has 210 valence electrons. The maximum atomic E-state index is 15.1. The molecule has 1 N–H and O–H groups in total. The van der Waals surface area contributed by atoms with Crippen molar-refractivity contribution < 1.29 is 32.2 Å². The van der Waals surface area contributed by atoms with Gasteiger partial charge in [0.15, 0.2) is 5.65 Å². The predicted octanol–water partition coefficient (Wildman–Crippen LogP) is 2.31. The molecule has 39 heavy (non-hydrogen) atoms. The summed E-state index contributed by atoms with van der Waals surface area (Å²) in [6.07, 6.45) is -4.39. The third kappa shape index (κ3) is 5.76. The summed E-state index contributed by atoms with van der Waals surface area (Å²) < 4.78 is 61.0. The van der Waals surface area contributed by atoms with Crippen LogP contribution in [0.15, 0.2) is 30.3 Å². The number of carbonyl (C=O) groups excluding carboxylic acids is 1. The summed E-state index contributed by atoms with van der Waals surface area (Å²) in [7, 11) is 0. The highest BCUT2D eigenvalue weighted by atomic mass is 19.4. The van der Waals surface area contributed by atoms with Crippen LogP contribution in [0.1, 0.15) is 31.2 Å². The molecule has 0 atom stereocenters. The van der Waals surface area contributed by atoms with E-state index in [4.69, 9.17) is 4.74 Å². The van der Waals surface area contributed by atoms with Crippen LogP contribution in [0.2, 0.25) is 0 Å². The molecule has 3 aromatic rings. The monoisotopic (exact) mass is 551 g/mol. The quantitative estimate of drug-likeness (QED) is 0.466. The Morgan fingerprint density at radius 3 is 2.41 bits per heavy atom. The first-order valence-electron chi connectivity index (χ1n) is 12.7. The Labute approximate surface area is 221 Å². The van der Waals surface area contributed by atoms with Gasteiger partial charge in [-0.2, -0.15) is 17.7 Å². The third-order valence-electron chi connectivity index (χ3n) is 7.35. The molecule has 0 spiro atoms. The lowest BCUT2D eigenvalue weighted by atomic mass is 9.84. The fourth-order valence-corrected chi connectivity index (χ4v) is 5.04. The minimum Gasteiger partial charge on any atom is -0.492 e. The molecule has 2 aliphatic rings. The summed E-state index contributed by atoms with van der Waals surface area (Å²) in [6, 6.07) is 7.34. The summed E-state index contributed by atoms with van der Waals surface area (Å²) in [4.78, 5) is 17.2. The maximum Gasteiger partial charge on any atom is 0.453 e. The molecule has 2 aromatic heterocycles. The molecular formula is C25H29F4N7O3. The Bertz CT molecular complexity index is 1330. The van der Waals surface area contributed by atoms with Gasteiger partial charge in [-0.25, -0.2) is 4.39 Å². The fourth-order valence-electron chi connectivity index (χ4n) is 5.04. The number of alkyl halides is 3. The van der Waals surface area contributed by atoms with E-state index in [9.17, 15) is 23.1 Å². The number of hydrogen-bond acceptors (Lipinski definition) is 8. The van der Waals surface area contributed by atoms with Gasteiger partial charge >= 0.3 is 6.18 Å². The molecular weight excluding hydrogens is 522 g/mol. The van der Waals surface area contributed by atoms with Gasteiger partial charge in [0, 0.05) is 64.4 Å². The Balaban J connectivity index is 1.17. The number of hydrogen-bond donors (Lipinski definition) is 1. The molecule has 1 amide bonds. The largest absolute Gasteiger partial charge is 0.492 e. The van der Waals surface area contributed by atoms with E-state index in [-0.39, 0.29) is 48.9 Å². The van der Waals surface area contributed by atoms with Gasteiger partial charge in [-0.05, 0) is 37.1 Å². The number of benzene rings is 1. The molecule has 14 heteroatoms.